The minimum atomic E-state index is -3.64. The highest BCUT2D eigenvalue weighted by Crippen LogP contribution is 2.42. The monoisotopic (exact) mass is 466 g/mol. The van der Waals surface area contributed by atoms with Crippen molar-refractivity contribution < 1.29 is 8.42 Å². The molecule has 3 aromatic rings. The SMILES string of the molecule is O=S(=O)(Nc1ccc(Cl)cc1)N1CCCC(C2c3ccccc3CCc3ccccc32)C1. The summed E-state index contributed by atoms with van der Waals surface area (Å²) in [5, 5.41) is 0.580. The molecule has 3 aromatic carbocycles. The second-order valence-corrected chi connectivity index (χ2v) is 10.9. The number of aryl methyl sites for hydroxylation is 2. The predicted molar refractivity (Wildman–Crippen MR) is 130 cm³/mol. The Morgan fingerprint density at radius 2 is 1.44 bits per heavy atom. The van der Waals surface area contributed by atoms with E-state index in [0.717, 1.165) is 25.7 Å². The molecule has 0 amide bonds. The highest BCUT2D eigenvalue weighted by Gasteiger charge is 2.36. The largest absolute Gasteiger partial charge is 0.301 e. The fourth-order valence-electron chi connectivity index (χ4n) is 5.27. The van der Waals surface area contributed by atoms with Crippen LogP contribution in [-0.2, 0) is 23.1 Å². The quantitative estimate of drug-likeness (QED) is 0.541. The molecular formula is C26H27ClN2O2S. The first-order chi connectivity index (χ1) is 15.5. The van der Waals surface area contributed by atoms with Gasteiger partial charge in [0.25, 0.3) is 0 Å². The molecule has 5 rings (SSSR count). The van der Waals surface area contributed by atoms with Crippen LogP contribution in [-0.4, -0.2) is 25.8 Å². The number of nitrogens with one attached hydrogen (secondary N) is 1. The van der Waals surface area contributed by atoms with Gasteiger partial charge in [0.05, 0.1) is 0 Å². The maximum atomic E-state index is 13.2. The Hall–Kier alpha value is -2.34. The zero-order chi connectivity index (χ0) is 22.1. The molecule has 0 bridgehead atoms. The Morgan fingerprint density at radius 3 is 2.06 bits per heavy atom. The maximum absolute atomic E-state index is 13.2. The van der Waals surface area contributed by atoms with Crippen molar-refractivity contribution in [1.82, 2.24) is 4.31 Å². The summed E-state index contributed by atoms with van der Waals surface area (Å²) in [7, 11) is -3.64. The first kappa shape index (κ1) is 21.5. The molecule has 1 atom stereocenters. The molecule has 1 aliphatic heterocycles. The molecule has 1 saturated heterocycles. The summed E-state index contributed by atoms with van der Waals surface area (Å²) in [5.41, 5.74) is 6.00. The van der Waals surface area contributed by atoms with Crippen LogP contribution in [0.5, 0.6) is 0 Å². The van der Waals surface area contributed by atoms with E-state index in [-0.39, 0.29) is 11.8 Å². The lowest BCUT2D eigenvalue weighted by molar-refractivity contribution is 0.249. The van der Waals surface area contributed by atoms with Gasteiger partial charge in [0.1, 0.15) is 0 Å². The zero-order valence-electron chi connectivity index (χ0n) is 17.9. The highest BCUT2D eigenvalue weighted by molar-refractivity contribution is 7.90. The number of anilines is 1. The van der Waals surface area contributed by atoms with Crippen LogP contribution in [0.1, 0.15) is 41.0 Å². The Balaban J connectivity index is 1.46. The Labute approximate surface area is 195 Å². The van der Waals surface area contributed by atoms with E-state index >= 15 is 0 Å². The topological polar surface area (TPSA) is 49.4 Å². The lowest BCUT2D eigenvalue weighted by Gasteiger charge is -2.37. The first-order valence-electron chi connectivity index (χ1n) is 11.2. The molecular weight excluding hydrogens is 440 g/mol. The van der Waals surface area contributed by atoms with Gasteiger partial charge in [-0.05, 0) is 78.1 Å². The molecule has 32 heavy (non-hydrogen) atoms. The van der Waals surface area contributed by atoms with Crippen LogP contribution in [0.25, 0.3) is 0 Å². The molecule has 2 aliphatic rings. The van der Waals surface area contributed by atoms with Crippen LogP contribution < -0.4 is 4.72 Å². The van der Waals surface area contributed by atoms with Crippen LogP contribution in [0.3, 0.4) is 0 Å². The average Bonchev–Trinajstić information content (AvgIpc) is 2.97. The number of fused-ring (bicyclic) bond motifs is 2. The highest BCUT2D eigenvalue weighted by atomic mass is 35.5. The van der Waals surface area contributed by atoms with Crippen molar-refractivity contribution in [3.05, 3.63) is 100 Å². The van der Waals surface area contributed by atoms with Gasteiger partial charge < -0.3 is 0 Å². The lowest BCUT2D eigenvalue weighted by atomic mass is 9.76. The van der Waals surface area contributed by atoms with Crippen molar-refractivity contribution in [2.24, 2.45) is 5.92 Å². The minimum absolute atomic E-state index is 0.207. The predicted octanol–water partition coefficient (Wildman–Crippen LogP) is 5.64. The van der Waals surface area contributed by atoms with Crippen LogP contribution in [0, 0.1) is 5.92 Å². The molecule has 1 heterocycles. The maximum Gasteiger partial charge on any atom is 0.301 e. The lowest BCUT2D eigenvalue weighted by Crippen LogP contribution is -2.44. The second-order valence-electron chi connectivity index (χ2n) is 8.75. The van der Waals surface area contributed by atoms with Gasteiger partial charge in [-0.3, -0.25) is 4.72 Å². The third kappa shape index (κ3) is 4.29. The first-order valence-corrected chi connectivity index (χ1v) is 13.0. The number of benzene rings is 3. The van der Waals surface area contributed by atoms with E-state index in [1.165, 1.54) is 22.3 Å². The Kier molecular flexibility index (Phi) is 5.97. The van der Waals surface area contributed by atoms with Gasteiger partial charge in [0, 0.05) is 29.7 Å². The van der Waals surface area contributed by atoms with Crippen LogP contribution >= 0.6 is 11.6 Å². The molecule has 0 spiro atoms. The fraction of sp³-hybridized carbons (Fsp3) is 0.308. The number of nitrogens with zero attached hydrogens (tertiary/aromatic N) is 1. The number of rotatable bonds is 4. The van der Waals surface area contributed by atoms with Crippen molar-refractivity contribution in [2.45, 2.75) is 31.6 Å². The molecule has 1 unspecified atom stereocenters. The molecule has 0 radical (unpaired) electrons. The van der Waals surface area contributed by atoms with Gasteiger partial charge in [-0.1, -0.05) is 60.1 Å². The van der Waals surface area contributed by atoms with Crippen molar-refractivity contribution in [3.8, 4) is 0 Å². The van der Waals surface area contributed by atoms with Gasteiger partial charge in [0.15, 0.2) is 0 Å². The van der Waals surface area contributed by atoms with Crippen molar-refractivity contribution in [1.29, 1.82) is 0 Å². The summed E-state index contributed by atoms with van der Waals surface area (Å²) < 4.78 is 30.8. The summed E-state index contributed by atoms with van der Waals surface area (Å²) >= 11 is 5.94. The standard InChI is InChI=1S/C26H27ClN2O2S/c27-22-13-15-23(16-14-22)28-32(30,31)29-17-5-8-21(18-29)26-24-9-3-1-6-19(24)11-12-20-7-2-4-10-25(20)26/h1-4,6-7,9-10,13-16,21,26,28H,5,8,11-12,17-18H2. The average molecular weight is 467 g/mol. The van der Waals surface area contributed by atoms with E-state index in [9.17, 15) is 8.42 Å². The number of halogens is 1. The van der Waals surface area contributed by atoms with Crippen molar-refractivity contribution in [2.75, 3.05) is 17.8 Å². The number of piperidine rings is 1. The van der Waals surface area contributed by atoms with Crippen LogP contribution in [0.15, 0.2) is 72.8 Å². The van der Waals surface area contributed by atoms with E-state index < -0.39 is 10.2 Å². The second kappa shape index (κ2) is 8.89. The Morgan fingerprint density at radius 1 is 0.844 bits per heavy atom. The van der Waals surface area contributed by atoms with Crippen molar-refractivity contribution >= 4 is 27.5 Å². The molecule has 4 nitrogen and oxygen atoms in total. The molecule has 0 saturated carbocycles. The normalized spacial score (nSPS) is 19.6. The van der Waals surface area contributed by atoms with E-state index in [0.29, 0.717) is 23.8 Å². The van der Waals surface area contributed by atoms with Gasteiger partial charge in [-0.15, -0.1) is 0 Å². The molecule has 6 heteroatoms. The smallest absolute Gasteiger partial charge is 0.271 e. The summed E-state index contributed by atoms with van der Waals surface area (Å²) in [6.45, 7) is 1.05. The zero-order valence-corrected chi connectivity index (χ0v) is 19.4. The van der Waals surface area contributed by atoms with Gasteiger partial charge >= 0.3 is 10.2 Å². The molecule has 0 aromatic heterocycles. The van der Waals surface area contributed by atoms with Gasteiger partial charge in [0.2, 0.25) is 0 Å². The van der Waals surface area contributed by atoms with E-state index in [4.69, 9.17) is 11.6 Å². The van der Waals surface area contributed by atoms with E-state index in [1.807, 2.05) is 0 Å². The van der Waals surface area contributed by atoms with E-state index in [2.05, 4.69) is 53.3 Å². The number of hydrogen-bond acceptors (Lipinski definition) is 2. The van der Waals surface area contributed by atoms with Crippen molar-refractivity contribution in [3.63, 3.8) is 0 Å². The summed E-state index contributed by atoms with van der Waals surface area (Å²) in [4.78, 5) is 0. The molecule has 1 N–H and O–H groups in total. The summed E-state index contributed by atoms with van der Waals surface area (Å²) in [5.74, 6) is 0.435. The third-order valence-corrected chi connectivity index (χ3v) is 8.52. The van der Waals surface area contributed by atoms with Gasteiger partial charge in [-0.2, -0.15) is 12.7 Å². The minimum Gasteiger partial charge on any atom is -0.271 e. The van der Waals surface area contributed by atoms with Gasteiger partial charge in [-0.25, -0.2) is 0 Å². The fourth-order valence-corrected chi connectivity index (χ4v) is 6.72. The summed E-state index contributed by atoms with van der Waals surface area (Å²) in [6, 6.07) is 24.1. The number of hydrogen-bond donors (Lipinski definition) is 1. The Bertz CT molecular complexity index is 1160. The van der Waals surface area contributed by atoms with Crippen LogP contribution in [0.2, 0.25) is 5.02 Å². The molecule has 1 aliphatic carbocycles. The van der Waals surface area contributed by atoms with Crippen LogP contribution in [0.4, 0.5) is 5.69 Å². The molecule has 1 fully saturated rings. The molecule has 166 valence electrons. The third-order valence-electron chi connectivity index (χ3n) is 6.77. The summed E-state index contributed by atoms with van der Waals surface area (Å²) in [6.07, 6.45) is 3.92. The van der Waals surface area contributed by atoms with E-state index in [1.54, 1.807) is 28.6 Å².